The van der Waals surface area contributed by atoms with E-state index in [9.17, 15) is 9.59 Å². The maximum absolute atomic E-state index is 12.5. The van der Waals surface area contributed by atoms with Gasteiger partial charge in [0.2, 0.25) is 0 Å². The third kappa shape index (κ3) is 4.20. The largest absolute Gasteiger partial charge is 0.471 e. The minimum Gasteiger partial charge on any atom is -0.471 e. The predicted molar refractivity (Wildman–Crippen MR) is 103 cm³/mol. The first kappa shape index (κ1) is 19.2. The van der Waals surface area contributed by atoms with E-state index in [2.05, 4.69) is 20.8 Å². The van der Waals surface area contributed by atoms with Crippen LogP contribution in [0.4, 0.5) is 5.69 Å². The van der Waals surface area contributed by atoms with Crippen LogP contribution in [-0.2, 0) is 13.8 Å². The van der Waals surface area contributed by atoms with Crippen LogP contribution in [-0.4, -0.2) is 38.4 Å². The standard InChI is InChI=1S/C19H22N6O3/c1-12-5-6-13(2)16(9-12)28-11-25-8-7-14(22-25)18(26)21-15-10-24(4)23-17(15)19(27)20-3/h5-10H,11H2,1-4H3,(H,20,27)(H,21,26). The van der Waals surface area contributed by atoms with Gasteiger partial charge in [-0.2, -0.15) is 10.2 Å². The summed E-state index contributed by atoms with van der Waals surface area (Å²) in [6, 6.07) is 7.54. The molecule has 0 spiro atoms. The van der Waals surface area contributed by atoms with E-state index in [1.807, 2.05) is 32.0 Å². The molecule has 2 heterocycles. The zero-order valence-corrected chi connectivity index (χ0v) is 16.2. The summed E-state index contributed by atoms with van der Waals surface area (Å²) in [6.07, 6.45) is 3.21. The van der Waals surface area contributed by atoms with Crippen LogP contribution in [0, 0.1) is 13.8 Å². The van der Waals surface area contributed by atoms with Gasteiger partial charge in [0.25, 0.3) is 11.8 Å². The van der Waals surface area contributed by atoms with Gasteiger partial charge in [0, 0.05) is 26.5 Å². The first-order chi connectivity index (χ1) is 13.4. The lowest BCUT2D eigenvalue weighted by atomic mass is 10.1. The van der Waals surface area contributed by atoms with Gasteiger partial charge in [-0.25, -0.2) is 4.68 Å². The number of carbonyl (C=O) groups excluding carboxylic acids is 2. The Morgan fingerprint density at radius 3 is 2.68 bits per heavy atom. The number of anilines is 1. The first-order valence-corrected chi connectivity index (χ1v) is 8.68. The van der Waals surface area contributed by atoms with Crippen molar-refractivity contribution in [3.05, 3.63) is 59.2 Å². The van der Waals surface area contributed by atoms with Gasteiger partial charge in [-0.1, -0.05) is 12.1 Å². The topological polar surface area (TPSA) is 103 Å². The van der Waals surface area contributed by atoms with Crippen molar-refractivity contribution in [3.8, 4) is 5.75 Å². The van der Waals surface area contributed by atoms with Crippen molar-refractivity contribution in [2.45, 2.75) is 20.6 Å². The average Bonchev–Trinajstić information content (AvgIpc) is 3.28. The van der Waals surface area contributed by atoms with E-state index in [0.29, 0.717) is 5.69 Å². The van der Waals surface area contributed by atoms with Crippen LogP contribution >= 0.6 is 0 Å². The first-order valence-electron chi connectivity index (χ1n) is 8.68. The number of benzene rings is 1. The van der Waals surface area contributed by atoms with Crippen molar-refractivity contribution in [2.24, 2.45) is 7.05 Å². The van der Waals surface area contributed by atoms with Crippen LogP contribution in [0.5, 0.6) is 5.75 Å². The van der Waals surface area contributed by atoms with Gasteiger partial charge >= 0.3 is 0 Å². The van der Waals surface area contributed by atoms with Gasteiger partial charge in [-0.15, -0.1) is 0 Å². The minimum absolute atomic E-state index is 0.135. The van der Waals surface area contributed by atoms with Gasteiger partial charge in [0.1, 0.15) is 5.75 Å². The Morgan fingerprint density at radius 2 is 1.93 bits per heavy atom. The predicted octanol–water partition coefficient (Wildman–Crippen LogP) is 1.88. The molecule has 146 valence electrons. The summed E-state index contributed by atoms with van der Waals surface area (Å²) in [5.74, 6) is -0.0564. The Bertz CT molecular complexity index is 1020. The molecule has 0 fully saturated rings. The summed E-state index contributed by atoms with van der Waals surface area (Å²) in [5, 5.41) is 13.4. The second-order valence-corrected chi connectivity index (χ2v) is 6.38. The molecule has 3 rings (SSSR count). The maximum atomic E-state index is 12.5. The summed E-state index contributed by atoms with van der Waals surface area (Å²) in [5.41, 5.74) is 2.78. The number of nitrogens with zero attached hydrogens (tertiary/aromatic N) is 4. The summed E-state index contributed by atoms with van der Waals surface area (Å²) in [6.45, 7) is 4.14. The van der Waals surface area contributed by atoms with Gasteiger partial charge in [-0.3, -0.25) is 14.3 Å². The molecule has 0 unspecified atom stereocenters. The molecule has 28 heavy (non-hydrogen) atoms. The number of hydrogen-bond acceptors (Lipinski definition) is 5. The van der Waals surface area contributed by atoms with Crippen LogP contribution < -0.4 is 15.4 Å². The number of nitrogens with one attached hydrogen (secondary N) is 2. The molecular weight excluding hydrogens is 360 g/mol. The van der Waals surface area contributed by atoms with Crippen LogP contribution in [0.3, 0.4) is 0 Å². The molecule has 9 heteroatoms. The van der Waals surface area contributed by atoms with Crippen LogP contribution in [0.1, 0.15) is 32.1 Å². The number of hydrogen-bond donors (Lipinski definition) is 2. The zero-order chi connectivity index (χ0) is 20.3. The molecule has 0 radical (unpaired) electrons. The van der Waals surface area contributed by atoms with Crippen LogP contribution in [0.15, 0.2) is 36.7 Å². The smallest absolute Gasteiger partial charge is 0.276 e. The molecule has 2 aromatic heterocycles. The Balaban J connectivity index is 1.68. The van der Waals surface area contributed by atoms with E-state index >= 15 is 0 Å². The van der Waals surface area contributed by atoms with Crippen molar-refractivity contribution >= 4 is 17.5 Å². The molecule has 0 bridgehead atoms. The molecule has 0 atom stereocenters. The fourth-order valence-corrected chi connectivity index (χ4v) is 2.61. The molecule has 0 aliphatic rings. The molecule has 9 nitrogen and oxygen atoms in total. The fourth-order valence-electron chi connectivity index (χ4n) is 2.61. The maximum Gasteiger partial charge on any atom is 0.276 e. The highest BCUT2D eigenvalue weighted by Gasteiger charge is 2.18. The highest BCUT2D eigenvalue weighted by molar-refractivity contribution is 6.07. The summed E-state index contributed by atoms with van der Waals surface area (Å²) < 4.78 is 8.77. The normalized spacial score (nSPS) is 10.6. The molecule has 1 aromatic carbocycles. The highest BCUT2D eigenvalue weighted by Crippen LogP contribution is 2.19. The van der Waals surface area contributed by atoms with Crippen molar-refractivity contribution < 1.29 is 14.3 Å². The van der Waals surface area contributed by atoms with Crippen molar-refractivity contribution in [2.75, 3.05) is 12.4 Å². The minimum atomic E-state index is -0.441. The highest BCUT2D eigenvalue weighted by atomic mass is 16.5. The van der Waals surface area contributed by atoms with Gasteiger partial charge in [-0.05, 0) is 37.1 Å². The Morgan fingerprint density at radius 1 is 1.14 bits per heavy atom. The molecule has 2 amide bonds. The van der Waals surface area contributed by atoms with E-state index < -0.39 is 5.91 Å². The van der Waals surface area contributed by atoms with E-state index in [-0.39, 0.29) is 24.0 Å². The van der Waals surface area contributed by atoms with Crippen LogP contribution in [0.25, 0.3) is 0 Å². The van der Waals surface area contributed by atoms with Crippen LogP contribution in [0.2, 0.25) is 0 Å². The van der Waals surface area contributed by atoms with Gasteiger partial charge < -0.3 is 15.4 Å². The second-order valence-electron chi connectivity index (χ2n) is 6.38. The lowest BCUT2D eigenvalue weighted by Crippen LogP contribution is -2.21. The van der Waals surface area contributed by atoms with E-state index in [1.165, 1.54) is 16.4 Å². The third-order valence-corrected chi connectivity index (χ3v) is 4.09. The van der Waals surface area contributed by atoms with E-state index in [1.54, 1.807) is 25.5 Å². The number of amides is 2. The average molecular weight is 382 g/mol. The number of rotatable bonds is 6. The lowest BCUT2D eigenvalue weighted by Gasteiger charge is -2.09. The molecule has 0 saturated carbocycles. The Kier molecular flexibility index (Phi) is 5.44. The summed E-state index contributed by atoms with van der Waals surface area (Å²) in [4.78, 5) is 24.3. The number of aromatic nitrogens is 4. The van der Waals surface area contributed by atoms with Crippen molar-refractivity contribution in [1.82, 2.24) is 24.9 Å². The third-order valence-electron chi connectivity index (χ3n) is 4.09. The fraction of sp³-hybridized carbons (Fsp3) is 0.263. The Labute approximate surface area is 162 Å². The molecule has 2 N–H and O–H groups in total. The number of carbonyl (C=O) groups is 2. The molecule has 0 saturated heterocycles. The van der Waals surface area contributed by atoms with E-state index in [0.717, 1.165) is 16.9 Å². The van der Waals surface area contributed by atoms with Gasteiger partial charge in [0.05, 0.1) is 5.69 Å². The molecule has 0 aliphatic carbocycles. The summed E-state index contributed by atoms with van der Waals surface area (Å²) in [7, 11) is 3.17. The van der Waals surface area contributed by atoms with Crippen molar-refractivity contribution in [1.29, 1.82) is 0 Å². The SMILES string of the molecule is CNC(=O)c1nn(C)cc1NC(=O)c1ccn(COc2cc(C)ccc2C)n1. The van der Waals surface area contributed by atoms with E-state index in [4.69, 9.17) is 4.74 Å². The molecule has 3 aromatic rings. The number of ether oxygens (including phenoxy) is 1. The lowest BCUT2D eigenvalue weighted by molar-refractivity contribution is 0.0958. The molecule has 0 aliphatic heterocycles. The second kappa shape index (κ2) is 7.95. The number of aryl methyl sites for hydroxylation is 3. The van der Waals surface area contributed by atoms with Gasteiger partial charge in [0.15, 0.2) is 18.1 Å². The Hall–Kier alpha value is -3.62. The zero-order valence-electron chi connectivity index (χ0n) is 16.2. The monoisotopic (exact) mass is 382 g/mol. The quantitative estimate of drug-likeness (QED) is 0.678. The van der Waals surface area contributed by atoms with Crippen molar-refractivity contribution in [3.63, 3.8) is 0 Å². The summed E-state index contributed by atoms with van der Waals surface area (Å²) >= 11 is 0. The molecular formula is C19H22N6O3.